The fourth-order valence-electron chi connectivity index (χ4n) is 3.48. The van der Waals surface area contributed by atoms with Crippen LogP contribution in [0, 0.1) is 11.8 Å². The molecule has 4 nitrogen and oxygen atoms in total. The van der Waals surface area contributed by atoms with E-state index < -0.39 is 0 Å². The normalized spacial score (nSPS) is 21.0. The molecule has 1 aliphatic carbocycles. The largest absolute Gasteiger partial charge is 0.493 e. The van der Waals surface area contributed by atoms with Gasteiger partial charge in [-0.3, -0.25) is 0 Å². The number of methoxy groups -OCH3 is 1. The number of fused-ring (bicyclic) bond motifs is 1. The molecule has 1 aromatic heterocycles. The first-order chi connectivity index (χ1) is 11.7. The van der Waals surface area contributed by atoms with Gasteiger partial charge < -0.3 is 9.47 Å². The van der Waals surface area contributed by atoms with Crippen molar-refractivity contribution >= 4 is 22.5 Å². The van der Waals surface area contributed by atoms with Crippen LogP contribution in [-0.4, -0.2) is 23.7 Å². The summed E-state index contributed by atoms with van der Waals surface area (Å²) in [6, 6.07) is 3.72. The molecule has 0 amide bonds. The molecule has 5 heteroatoms. The minimum atomic E-state index is 0.427. The standard InChI is InChI=1S/C19H25ClN2O2/c1-13-5-7-14(8-6-13)4-3-9-24-18-11-16-15(10-17(18)23-2)19(20)22-12-21-16/h10-14H,3-9H2,1-2H3. The number of benzene rings is 1. The van der Waals surface area contributed by atoms with E-state index in [1.807, 2.05) is 12.1 Å². The van der Waals surface area contributed by atoms with Gasteiger partial charge in [0.05, 0.1) is 19.2 Å². The number of aromatic nitrogens is 2. The molecule has 0 bridgehead atoms. The number of halogens is 1. The summed E-state index contributed by atoms with van der Waals surface area (Å²) < 4.78 is 11.4. The molecule has 0 unspecified atom stereocenters. The van der Waals surface area contributed by atoms with E-state index in [0.717, 1.165) is 34.9 Å². The maximum absolute atomic E-state index is 6.11. The van der Waals surface area contributed by atoms with Crippen molar-refractivity contribution in [1.82, 2.24) is 9.97 Å². The molecule has 24 heavy (non-hydrogen) atoms. The summed E-state index contributed by atoms with van der Waals surface area (Å²) in [5.41, 5.74) is 0.770. The number of ether oxygens (including phenoxy) is 2. The molecule has 0 saturated heterocycles. The summed E-state index contributed by atoms with van der Waals surface area (Å²) in [6.07, 6.45) is 9.28. The van der Waals surface area contributed by atoms with Gasteiger partial charge in [0.1, 0.15) is 11.5 Å². The lowest BCUT2D eigenvalue weighted by molar-refractivity contribution is 0.240. The van der Waals surface area contributed by atoms with Crippen molar-refractivity contribution in [3.05, 3.63) is 23.6 Å². The van der Waals surface area contributed by atoms with Gasteiger partial charge in [-0.15, -0.1) is 0 Å². The summed E-state index contributed by atoms with van der Waals surface area (Å²) >= 11 is 6.11. The van der Waals surface area contributed by atoms with Crippen LogP contribution in [0.15, 0.2) is 18.5 Å². The van der Waals surface area contributed by atoms with Gasteiger partial charge in [-0.1, -0.05) is 44.2 Å². The number of nitrogens with zero attached hydrogens (tertiary/aromatic N) is 2. The zero-order valence-electron chi connectivity index (χ0n) is 14.4. The number of rotatable bonds is 6. The van der Waals surface area contributed by atoms with E-state index >= 15 is 0 Å². The van der Waals surface area contributed by atoms with Crippen LogP contribution in [0.3, 0.4) is 0 Å². The molecule has 130 valence electrons. The molecule has 1 saturated carbocycles. The van der Waals surface area contributed by atoms with Crippen molar-refractivity contribution in [3.63, 3.8) is 0 Å². The summed E-state index contributed by atoms with van der Waals surface area (Å²) in [5.74, 6) is 3.17. The Bertz CT molecular complexity index is 684. The van der Waals surface area contributed by atoms with E-state index in [4.69, 9.17) is 21.1 Å². The second-order valence-corrected chi connectivity index (χ2v) is 7.16. The number of hydrogen-bond donors (Lipinski definition) is 0. The van der Waals surface area contributed by atoms with Gasteiger partial charge in [-0.2, -0.15) is 0 Å². The first kappa shape index (κ1) is 17.3. The Labute approximate surface area is 148 Å². The number of hydrogen-bond acceptors (Lipinski definition) is 4. The minimum absolute atomic E-state index is 0.427. The molecule has 0 radical (unpaired) electrons. The molecule has 0 aliphatic heterocycles. The summed E-state index contributed by atoms with van der Waals surface area (Å²) in [7, 11) is 1.63. The van der Waals surface area contributed by atoms with Crippen LogP contribution in [0.1, 0.15) is 45.4 Å². The van der Waals surface area contributed by atoms with Crippen molar-refractivity contribution in [2.75, 3.05) is 13.7 Å². The van der Waals surface area contributed by atoms with Gasteiger partial charge >= 0.3 is 0 Å². The fraction of sp³-hybridized carbons (Fsp3) is 0.579. The second kappa shape index (κ2) is 8.02. The molecule has 1 aliphatic rings. The molecule has 1 heterocycles. The van der Waals surface area contributed by atoms with Crippen LogP contribution in [0.2, 0.25) is 5.15 Å². The molecule has 0 atom stereocenters. The van der Waals surface area contributed by atoms with Gasteiger partial charge in [0, 0.05) is 11.5 Å². The third kappa shape index (κ3) is 4.10. The second-order valence-electron chi connectivity index (χ2n) is 6.80. The minimum Gasteiger partial charge on any atom is -0.493 e. The molecule has 0 N–H and O–H groups in total. The Morgan fingerprint density at radius 2 is 1.92 bits per heavy atom. The molecule has 3 rings (SSSR count). The summed E-state index contributed by atoms with van der Waals surface area (Å²) in [5, 5.41) is 1.20. The van der Waals surface area contributed by atoms with Gasteiger partial charge in [0.25, 0.3) is 0 Å². The molecule has 1 aromatic carbocycles. The average molecular weight is 349 g/mol. The Morgan fingerprint density at radius 3 is 2.67 bits per heavy atom. The zero-order chi connectivity index (χ0) is 16.9. The molecule has 2 aromatic rings. The van der Waals surface area contributed by atoms with Gasteiger partial charge in [0.15, 0.2) is 11.5 Å². The molecule has 1 fully saturated rings. The highest BCUT2D eigenvalue weighted by Gasteiger charge is 2.18. The van der Waals surface area contributed by atoms with Crippen molar-refractivity contribution < 1.29 is 9.47 Å². The van der Waals surface area contributed by atoms with Crippen molar-refractivity contribution in [2.24, 2.45) is 11.8 Å². The van der Waals surface area contributed by atoms with Crippen molar-refractivity contribution in [1.29, 1.82) is 0 Å². The van der Waals surface area contributed by atoms with Crippen LogP contribution in [0.25, 0.3) is 10.9 Å². The molecular weight excluding hydrogens is 324 g/mol. The fourth-order valence-corrected chi connectivity index (χ4v) is 3.67. The lowest BCUT2D eigenvalue weighted by Crippen LogP contribution is -2.13. The maximum atomic E-state index is 6.11. The van der Waals surface area contributed by atoms with E-state index in [9.17, 15) is 0 Å². The van der Waals surface area contributed by atoms with Crippen LogP contribution in [-0.2, 0) is 0 Å². The van der Waals surface area contributed by atoms with Crippen molar-refractivity contribution in [3.8, 4) is 11.5 Å². The van der Waals surface area contributed by atoms with Gasteiger partial charge in [-0.25, -0.2) is 9.97 Å². The third-order valence-corrected chi connectivity index (χ3v) is 5.32. The Morgan fingerprint density at radius 1 is 1.12 bits per heavy atom. The highest BCUT2D eigenvalue weighted by atomic mass is 35.5. The Kier molecular flexibility index (Phi) is 5.77. The predicted octanol–water partition coefficient (Wildman–Crippen LogP) is 5.28. The molecular formula is C19H25ClN2O2. The lowest BCUT2D eigenvalue weighted by atomic mass is 9.81. The first-order valence-corrected chi connectivity index (χ1v) is 9.16. The zero-order valence-corrected chi connectivity index (χ0v) is 15.2. The van der Waals surface area contributed by atoms with Crippen LogP contribution >= 0.6 is 11.6 Å². The predicted molar refractivity (Wildman–Crippen MR) is 97.0 cm³/mol. The van der Waals surface area contributed by atoms with Crippen LogP contribution in [0.4, 0.5) is 0 Å². The summed E-state index contributed by atoms with van der Waals surface area (Å²) in [6.45, 7) is 3.06. The van der Waals surface area contributed by atoms with Crippen LogP contribution < -0.4 is 9.47 Å². The van der Waals surface area contributed by atoms with E-state index in [1.165, 1.54) is 38.4 Å². The van der Waals surface area contributed by atoms with Gasteiger partial charge in [-0.05, 0) is 30.7 Å². The van der Waals surface area contributed by atoms with E-state index in [1.54, 1.807) is 7.11 Å². The average Bonchev–Trinajstić information content (AvgIpc) is 2.60. The SMILES string of the molecule is COc1cc2c(Cl)ncnc2cc1OCCCC1CCC(C)CC1. The highest BCUT2D eigenvalue weighted by molar-refractivity contribution is 6.34. The Balaban J connectivity index is 1.58. The third-order valence-electron chi connectivity index (χ3n) is 5.02. The molecule has 0 spiro atoms. The monoisotopic (exact) mass is 348 g/mol. The smallest absolute Gasteiger partial charge is 0.163 e. The maximum Gasteiger partial charge on any atom is 0.163 e. The topological polar surface area (TPSA) is 44.2 Å². The van der Waals surface area contributed by atoms with E-state index in [0.29, 0.717) is 17.5 Å². The quantitative estimate of drug-likeness (QED) is 0.526. The van der Waals surface area contributed by atoms with Crippen LogP contribution in [0.5, 0.6) is 11.5 Å². The summed E-state index contributed by atoms with van der Waals surface area (Å²) in [4.78, 5) is 8.26. The van der Waals surface area contributed by atoms with E-state index in [2.05, 4.69) is 16.9 Å². The highest BCUT2D eigenvalue weighted by Crippen LogP contribution is 2.34. The van der Waals surface area contributed by atoms with Crippen molar-refractivity contribution in [2.45, 2.75) is 45.4 Å². The lowest BCUT2D eigenvalue weighted by Gasteiger charge is -2.26. The van der Waals surface area contributed by atoms with E-state index in [-0.39, 0.29) is 0 Å². The first-order valence-electron chi connectivity index (χ1n) is 8.78. The van der Waals surface area contributed by atoms with Gasteiger partial charge in [0.2, 0.25) is 0 Å². The Hall–Kier alpha value is -1.55.